The molecule has 1 fully saturated rings. The van der Waals surface area contributed by atoms with Crippen molar-refractivity contribution in [3.8, 4) is 5.88 Å². The molecule has 1 aliphatic heterocycles. The molecule has 1 aromatic heterocycles. The van der Waals surface area contributed by atoms with Crippen molar-refractivity contribution in [3.05, 3.63) is 11.8 Å². The number of aryl methyl sites for hydroxylation is 1. The number of hydrogen-bond donors (Lipinski definition) is 1. The Morgan fingerprint density at radius 1 is 1.55 bits per heavy atom. The Morgan fingerprint density at radius 2 is 2.30 bits per heavy atom. The molecule has 1 aliphatic rings. The van der Waals surface area contributed by atoms with E-state index < -0.39 is 17.9 Å². The van der Waals surface area contributed by atoms with Crippen LogP contribution in [-0.4, -0.2) is 59.9 Å². The van der Waals surface area contributed by atoms with Crippen molar-refractivity contribution < 1.29 is 28.7 Å². The van der Waals surface area contributed by atoms with Gasteiger partial charge in [-0.15, -0.1) is 0 Å². The summed E-state index contributed by atoms with van der Waals surface area (Å²) in [6.45, 7) is 1.80. The van der Waals surface area contributed by atoms with Gasteiger partial charge >= 0.3 is 5.97 Å². The molecule has 1 saturated heterocycles. The number of likely N-dealkylation sites (N-methyl/N-ethyl adjacent to an activating group) is 1. The van der Waals surface area contributed by atoms with Crippen LogP contribution in [0.5, 0.6) is 5.88 Å². The van der Waals surface area contributed by atoms with Crippen molar-refractivity contribution in [2.75, 3.05) is 26.9 Å². The number of ether oxygens (including phenoxy) is 2. The van der Waals surface area contributed by atoms with Crippen molar-refractivity contribution in [3.63, 3.8) is 0 Å². The van der Waals surface area contributed by atoms with E-state index in [1.807, 2.05) is 0 Å². The van der Waals surface area contributed by atoms with Gasteiger partial charge in [0.15, 0.2) is 6.61 Å². The van der Waals surface area contributed by atoms with Crippen molar-refractivity contribution >= 4 is 11.9 Å². The second kappa shape index (κ2) is 5.91. The molecule has 0 aromatic carbocycles. The van der Waals surface area contributed by atoms with Crippen LogP contribution in [0.3, 0.4) is 0 Å². The van der Waals surface area contributed by atoms with Crippen LogP contribution < -0.4 is 4.74 Å². The summed E-state index contributed by atoms with van der Waals surface area (Å²) in [7, 11) is 1.54. The van der Waals surface area contributed by atoms with E-state index in [9.17, 15) is 9.59 Å². The lowest BCUT2D eigenvalue weighted by Gasteiger charge is -2.26. The smallest absolute Gasteiger partial charge is 0.311 e. The van der Waals surface area contributed by atoms with Gasteiger partial charge in [0.2, 0.25) is 0 Å². The highest BCUT2D eigenvalue weighted by Gasteiger charge is 2.38. The summed E-state index contributed by atoms with van der Waals surface area (Å²) in [6, 6.07) is 1.08. The first kappa shape index (κ1) is 14.3. The van der Waals surface area contributed by atoms with Gasteiger partial charge in [-0.05, 0) is 12.1 Å². The first-order chi connectivity index (χ1) is 9.49. The van der Waals surface area contributed by atoms with Gasteiger partial charge in [0.1, 0.15) is 11.7 Å². The maximum Gasteiger partial charge on any atom is 0.311 e. The molecular weight excluding hydrogens is 268 g/mol. The fourth-order valence-corrected chi connectivity index (χ4v) is 1.99. The lowest BCUT2D eigenvalue weighted by atomic mass is 10.0. The lowest BCUT2D eigenvalue weighted by molar-refractivity contribution is -0.145. The molecule has 1 amide bonds. The summed E-state index contributed by atoms with van der Waals surface area (Å²) >= 11 is 0. The minimum Gasteiger partial charge on any atom is -0.481 e. The fraction of sp³-hybridized carbons (Fsp3) is 0.583. The summed E-state index contributed by atoms with van der Waals surface area (Å²) in [5.74, 6) is -1.22. The fourth-order valence-electron chi connectivity index (χ4n) is 1.99. The van der Waals surface area contributed by atoms with Gasteiger partial charge < -0.3 is 24.0 Å². The molecule has 0 spiro atoms. The van der Waals surface area contributed by atoms with Crippen LogP contribution in [0.1, 0.15) is 5.76 Å². The first-order valence-corrected chi connectivity index (χ1v) is 6.11. The SMILES string of the molecule is Cc1cc(OCC(=O)N(C)C2COCC2C(=O)O)no1. The van der Waals surface area contributed by atoms with E-state index in [1.165, 1.54) is 11.9 Å². The van der Waals surface area contributed by atoms with Gasteiger partial charge in [-0.2, -0.15) is 0 Å². The molecule has 2 rings (SSSR count). The average molecular weight is 284 g/mol. The second-order valence-electron chi connectivity index (χ2n) is 4.62. The van der Waals surface area contributed by atoms with E-state index in [1.54, 1.807) is 13.0 Å². The van der Waals surface area contributed by atoms with Gasteiger partial charge in [-0.3, -0.25) is 9.59 Å². The molecule has 1 aromatic rings. The monoisotopic (exact) mass is 284 g/mol. The van der Waals surface area contributed by atoms with E-state index in [0.717, 1.165) is 0 Å². The van der Waals surface area contributed by atoms with Crippen molar-refractivity contribution in [2.24, 2.45) is 5.92 Å². The number of carboxylic acids is 1. The van der Waals surface area contributed by atoms with E-state index in [-0.39, 0.29) is 31.6 Å². The molecule has 8 heteroatoms. The number of rotatable bonds is 5. The molecule has 0 saturated carbocycles. The van der Waals surface area contributed by atoms with Gasteiger partial charge in [-0.25, -0.2) is 0 Å². The number of carbonyl (C=O) groups excluding carboxylic acids is 1. The Kier molecular flexibility index (Phi) is 4.23. The molecule has 0 bridgehead atoms. The number of carboxylic acid groups (broad SMARTS) is 1. The molecule has 1 N–H and O–H groups in total. The molecule has 0 aliphatic carbocycles. The number of nitrogens with zero attached hydrogens (tertiary/aromatic N) is 2. The topological polar surface area (TPSA) is 102 Å². The summed E-state index contributed by atoms with van der Waals surface area (Å²) in [4.78, 5) is 24.4. The lowest BCUT2D eigenvalue weighted by Crippen LogP contribution is -2.45. The maximum absolute atomic E-state index is 12.0. The van der Waals surface area contributed by atoms with Crippen LogP contribution in [0, 0.1) is 12.8 Å². The van der Waals surface area contributed by atoms with Crippen LogP contribution >= 0.6 is 0 Å². The summed E-state index contributed by atoms with van der Waals surface area (Å²) in [5, 5.41) is 12.7. The number of carbonyl (C=O) groups is 2. The third-order valence-corrected chi connectivity index (χ3v) is 3.21. The van der Waals surface area contributed by atoms with Crippen LogP contribution in [0.2, 0.25) is 0 Å². The highest BCUT2D eigenvalue weighted by atomic mass is 16.5. The van der Waals surface area contributed by atoms with Crippen molar-refractivity contribution in [2.45, 2.75) is 13.0 Å². The number of aliphatic carboxylic acids is 1. The predicted molar refractivity (Wildman–Crippen MR) is 65.2 cm³/mol. The van der Waals surface area contributed by atoms with Crippen LogP contribution in [0.15, 0.2) is 10.6 Å². The minimum atomic E-state index is -0.972. The normalized spacial score (nSPS) is 21.7. The summed E-state index contributed by atoms with van der Waals surface area (Å²) < 4.78 is 15.1. The van der Waals surface area contributed by atoms with Crippen molar-refractivity contribution in [1.82, 2.24) is 10.1 Å². The number of amides is 1. The standard InChI is InChI=1S/C12H16N2O6/c1-7-3-10(13-20-7)19-6-11(15)14(2)9-5-18-4-8(9)12(16)17/h3,8-9H,4-6H2,1-2H3,(H,16,17). The Hall–Kier alpha value is -2.09. The van der Waals surface area contributed by atoms with E-state index in [4.69, 9.17) is 19.1 Å². The molecule has 20 heavy (non-hydrogen) atoms. The maximum atomic E-state index is 12.0. The van der Waals surface area contributed by atoms with Crippen LogP contribution in [0.25, 0.3) is 0 Å². The predicted octanol–water partition coefficient (Wildman–Crippen LogP) is -0.0802. The Labute approximate surface area is 115 Å². The number of hydrogen-bond acceptors (Lipinski definition) is 6. The van der Waals surface area contributed by atoms with E-state index >= 15 is 0 Å². The molecule has 110 valence electrons. The Balaban J connectivity index is 1.90. The van der Waals surface area contributed by atoms with Crippen LogP contribution in [-0.2, 0) is 14.3 Å². The average Bonchev–Trinajstić information content (AvgIpc) is 3.03. The third kappa shape index (κ3) is 3.08. The molecule has 0 radical (unpaired) electrons. The number of aromatic nitrogens is 1. The Morgan fingerprint density at radius 3 is 2.90 bits per heavy atom. The third-order valence-electron chi connectivity index (χ3n) is 3.21. The minimum absolute atomic E-state index is 0.112. The Bertz CT molecular complexity index is 500. The zero-order valence-electron chi connectivity index (χ0n) is 11.2. The quantitative estimate of drug-likeness (QED) is 0.806. The van der Waals surface area contributed by atoms with Gasteiger partial charge in [0.25, 0.3) is 11.8 Å². The van der Waals surface area contributed by atoms with Gasteiger partial charge in [-0.1, -0.05) is 0 Å². The zero-order valence-corrected chi connectivity index (χ0v) is 11.2. The van der Waals surface area contributed by atoms with Gasteiger partial charge in [0.05, 0.1) is 19.3 Å². The molecule has 2 atom stereocenters. The molecule has 2 unspecified atom stereocenters. The van der Waals surface area contributed by atoms with E-state index in [0.29, 0.717) is 5.76 Å². The molecular formula is C12H16N2O6. The van der Waals surface area contributed by atoms with Crippen molar-refractivity contribution in [1.29, 1.82) is 0 Å². The zero-order chi connectivity index (χ0) is 14.7. The highest BCUT2D eigenvalue weighted by molar-refractivity contribution is 5.79. The first-order valence-electron chi connectivity index (χ1n) is 6.11. The summed E-state index contributed by atoms with van der Waals surface area (Å²) in [5.41, 5.74) is 0. The molecule has 8 nitrogen and oxygen atoms in total. The van der Waals surface area contributed by atoms with E-state index in [2.05, 4.69) is 5.16 Å². The highest BCUT2D eigenvalue weighted by Crippen LogP contribution is 2.19. The summed E-state index contributed by atoms with van der Waals surface area (Å²) in [6.07, 6.45) is 0. The van der Waals surface area contributed by atoms with Crippen LogP contribution in [0.4, 0.5) is 0 Å². The second-order valence-corrected chi connectivity index (χ2v) is 4.62. The van der Waals surface area contributed by atoms with Gasteiger partial charge in [0, 0.05) is 13.1 Å². The largest absolute Gasteiger partial charge is 0.481 e. The molecule has 2 heterocycles.